The van der Waals surface area contributed by atoms with Gasteiger partial charge >= 0.3 is 0 Å². The number of hydrogen-bond donors (Lipinski definition) is 0. The Labute approximate surface area is 85.7 Å². The molecule has 1 atom stereocenters. The average Bonchev–Trinajstić information content (AvgIpc) is 2.19. The molecule has 2 heterocycles. The summed E-state index contributed by atoms with van der Waals surface area (Å²) in [5, 5.41) is 4.61. The highest BCUT2D eigenvalue weighted by Gasteiger charge is 2.14. The predicted molar refractivity (Wildman–Crippen MR) is 57.3 cm³/mol. The molecule has 0 spiro atoms. The van der Waals surface area contributed by atoms with E-state index in [0.717, 1.165) is 18.7 Å². The van der Waals surface area contributed by atoms with Crippen molar-refractivity contribution < 1.29 is 0 Å². The Hall–Kier alpha value is -0.890. The van der Waals surface area contributed by atoms with Gasteiger partial charge in [-0.15, -0.1) is 0 Å². The maximum absolute atomic E-state index is 4.61. The van der Waals surface area contributed by atoms with Gasteiger partial charge in [-0.25, -0.2) is 5.32 Å². The van der Waals surface area contributed by atoms with Crippen LogP contribution in [0.5, 0.6) is 0 Å². The molecule has 1 unspecified atom stereocenters. The van der Waals surface area contributed by atoms with Crippen LogP contribution in [0.3, 0.4) is 0 Å². The maximum atomic E-state index is 4.61. The third-order valence-electron chi connectivity index (χ3n) is 2.72. The summed E-state index contributed by atoms with van der Waals surface area (Å²) >= 11 is 0. The van der Waals surface area contributed by atoms with Crippen LogP contribution in [-0.2, 0) is 6.42 Å². The zero-order valence-corrected chi connectivity index (χ0v) is 8.74. The molecule has 0 aliphatic carbocycles. The second-order valence-electron chi connectivity index (χ2n) is 4.03. The van der Waals surface area contributed by atoms with Crippen molar-refractivity contribution in [1.82, 2.24) is 10.3 Å². The Bertz CT molecular complexity index is 290. The Kier molecular flexibility index (Phi) is 3.14. The molecule has 0 bridgehead atoms. The summed E-state index contributed by atoms with van der Waals surface area (Å²) in [5.74, 6) is 0. The molecular formula is C12H17N2. The third-order valence-corrected chi connectivity index (χ3v) is 2.72. The Morgan fingerprint density at radius 2 is 2.29 bits per heavy atom. The highest BCUT2D eigenvalue weighted by Crippen LogP contribution is 2.12. The third kappa shape index (κ3) is 2.55. The SMILES string of the molecule is Cc1cccc(CC2CCCC[N]2)n1. The lowest BCUT2D eigenvalue weighted by atomic mass is 10.0. The molecule has 0 saturated carbocycles. The highest BCUT2D eigenvalue weighted by atomic mass is 14.9. The van der Waals surface area contributed by atoms with E-state index in [4.69, 9.17) is 0 Å². The van der Waals surface area contributed by atoms with E-state index < -0.39 is 0 Å². The van der Waals surface area contributed by atoms with E-state index in [1.54, 1.807) is 0 Å². The van der Waals surface area contributed by atoms with E-state index in [2.05, 4.69) is 22.4 Å². The summed E-state index contributed by atoms with van der Waals surface area (Å²) < 4.78 is 0. The zero-order valence-electron chi connectivity index (χ0n) is 8.74. The van der Waals surface area contributed by atoms with E-state index in [1.807, 2.05) is 13.0 Å². The van der Waals surface area contributed by atoms with Gasteiger partial charge in [-0.2, -0.15) is 0 Å². The summed E-state index contributed by atoms with van der Waals surface area (Å²) in [4.78, 5) is 4.51. The number of hydrogen-bond acceptors (Lipinski definition) is 1. The van der Waals surface area contributed by atoms with Crippen LogP contribution in [0.15, 0.2) is 18.2 Å². The van der Waals surface area contributed by atoms with Crippen LogP contribution in [0.4, 0.5) is 0 Å². The van der Waals surface area contributed by atoms with Crippen molar-refractivity contribution in [3.05, 3.63) is 29.6 Å². The van der Waals surface area contributed by atoms with Crippen molar-refractivity contribution in [3.63, 3.8) is 0 Å². The van der Waals surface area contributed by atoms with Crippen LogP contribution in [0, 0.1) is 6.92 Å². The smallest absolute Gasteiger partial charge is 0.0422 e. The summed E-state index contributed by atoms with van der Waals surface area (Å²) in [6, 6.07) is 6.76. The van der Waals surface area contributed by atoms with Crippen LogP contribution in [0.1, 0.15) is 30.7 Å². The molecule has 14 heavy (non-hydrogen) atoms. The van der Waals surface area contributed by atoms with Gasteiger partial charge in [-0.3, -0.25) is 4.98 Å². The lowest BCUT2D eigenvalue weighted by Gasteiger charge is -2.21. The first-order chi connectivity index (χ1) is 6.84. The molecule has 2 rings (SSSR count). The van der Waals surface area contributed by atoms with Gasteiger partial charge in [0.05, 0.1) is 0 Å². The van der Waals surface area contributed by atoms with Crippen LogP contribution < -0.4 is 5.32 Å². The number of aryl methyl sites for hydroxylation is 1. The highest BCUT2D eigenvalue weighted by molar-refractivity contribution is 5.11. The second-order valence-corrected chi connectivity index (χ2v) is 4.03. The fourth-order valence-electron chi connectivity index (χ4n) is 1.98. The fourth-order valence-corrected chi connectivity index (χ4v) is 1.98. The quantitative estimate of drug-likeness (QED) is 0.700. The second kappa shape index (κ2) is 4.56. The van der Waals surface area contributed by atoms with Gasteiger partial charge in [0, 0.05) is 30.4 Å². The van der Waals surface area contributed by atoms with E-state index in [1.165, 1.54) is 25.0 Å². The maximum Gasteiger partial charge on any atom is 0.0422 e. The van der Waals surface area contributed by atoms with Crippen LogP contribution in [-0.4, -0.2) is 17.6 Å². The molecule has 0 amide bonds. The Balaban J connectivity index is 1.95. The summed E-state index contributed by atoms with van der Waals surface area (Å²) in [6.07, 6.45) is 4.88. The molecule has 1 saturated heterocycles. The molecule has 1 aromatic rings. The zero-order chi connectivity index (χ0) is 9.80. The Morgan fingerprint density at radius 1 is 1.36 bits per heavy atom. The van der Waals surface area contributed by atoms with E-state index >= 15 is 0 Å². The van der Waals surface area contributed by atoms with E-state index in [0.29, 0.717) is 6.04 Å². The van der Waals surface area contributed by atoms with Gasteiger partial charge in [0.25, 0.3) is 0 Å². The molecule has 1 aliphatic heterocycles. The van der Waals surface area contributed by atoms with Gasteiger partial charge in [0.2, 0.25) is 0 Å². The largest absolute Gasteiger partial charge is 0.258 e. The van der Waals surface area contributed by atoms with E-state index in [9.17, 15) is 0 Å². The lowest BCUT2D eigenvalue weighted by Crippen LogP contribution is -2.29. The predicted octanol–water partition coefficient (Wildman–Crippen LogP) is 2.09. The number of piperidine rings is 1. The van der Waals surface area contributed by atoms with Gasteiger partial charge in [-0.1, -0.05) is 12.5 Å². The standard InChI is InChI=1S/C12H17N2/c1-10-5-4-7-12(14-10)9-11-6-2-3-8-13-11/h4-5,7,11H,2-3,6,8-9H2,1H3. The number of pyridine rings is 1. The van der Waals surface area contributed by atoms with Crippen LogP contribution >= 0.6 is 0 Å². The van der Waals surface area contributed by atoms with Gasteiger partial charge in [-0.05, 0) is 31.9 Å². The molecule has 2 heteroatoms. The van der Waals surface area contributed by atoms with Gasteiger partial charge < -0.3 is 0 Å². The molecule has 0 aromatic carbocycles. The minimum Gasteiger partial charge on any atom is -0.258 e. The molecule has 2 nitrogen and oxygen atoms in total. The van der Waals surface area contributed by atoms with Crippen molar-refractivity contribution in [2.75, 3.05) is 6.54 Å². The molecule has 1 aliphatic rings. The molecule has 75 valence electrons. The van der Waals surface area contributed by atoms with Crippen molar-refractivity contribution >= 4 is 0 Å². The topological polar surface area (TPSA) is 27.0 Å². The van der Waals surface area contributed by atoms with Gasteiger partial charge in [0.15, 0.2) is 0 Å². The van der Waals surface area contributed by atoms with Crippen molar-refractivity contribution in [2.45, 2.75) is 38.6 Å². The molecule has 1 aromatic heterocycles. The molecular weight excluding hydrogens is 172 g/mol. The minimum atomic E-state index is 0.526. The van der Waals surface area contributed by atoms with Crippen LogP contribution in [0.25, 0.3) is 0 Å². The van der Waals surface area contributed by atoms with Crippen LogP contribution in [0.2, 0.25) is 0 Å². The average molecular weight is 189 g/mol. The summed E-state index contributed by atoms with van der Waals surface area (Å²) in [7, 11) is 0. The number of nitrogens with zero attached hydrogens (tertiary/aromatic N) is 2. The molecule has 1 radical (unpaired) electrons. The first-order valence-corrected chi connectivity index (χ1v) is 5.44. The molecule has 0 N–H and O–H groups in total. The lowest BCUT2D eigenvalue weighted by molar-refractivity contribution is 0.389. The number of rotatable bonds is 2. The Morgan fingerprint density at radius 3 is 3.00 bits per heavy atom. The van der Waals surface area contributed by atoms with Gasteiger partial charge in [0.1, 0.15) is 0 Å². The first-order valence-electron chi connectivity index (χ1n) is 5.44. The summed E-state index contributed by atoms with van der Waals surface area (Å²) in [6.45, 7) is 3.10. The van der Waals surface area contributed by atoms with E-state index in [-0.39, 0.29) is 0 Å². The van der Waals surface area contributed by atoms with Crippen molar-refractivity contribution in [2.24, 2.45) is 0 Å². The number of aromatic nitrogens is 1. The first kappa shape index (κ1) is 9.66. The van der Waals surface area contributed by atoms with Crippen molar-refractivity contribution in [3.8, 4) is 0 Å². The monoisotopic (exact) mass is 189 g/mol. The molecule has 1 fully saturated rings. The summed E-state index contributed by atoms with van der Waals surface area (Å²) in [5.41, 5.74) is 2.30. The van der Waals surface area contributed by atoms with Crippen molar-refractivity contribution in [1.29, 1.82) is 0 Å². The fraction of sp³-hybridized carbons (Fsp3) is 0.583. The normalized spacial score (nSPS) is 22.2. The minimum absolute atomic E-state index is 0.526.